The van der Waals surface area contributed by atoms with Crippen molar-refractivity contribution >= 4 is 11.9 Å². The quantitative estimate of drug-likeness (QED) is 0.247. The van der Waals surface area contributed by atoms with E-state index in [2.05, 4.69) is 16.0 Å². The molecule has 0 rings (SSSR count). The van der Waals surface area contributed by atoms with Crippen LogP contribution in [0.2, 0.25) is 0 Å². The Morgan fingerprint density at radius 1 is 1.11 bits per heavy atom. The van der Waals surface area contributed by atoms with E-state index in [9.17, 15) is 9.59 Å². The van der Waals surface area contributed by atoms with Gasteiger partial charge < -0.3 is 20.1 Å². The average Bonchev–Trinajstić information content (AvgIpc) is 2.36. The highest BCUT2D eigenvalue weighted by Gasteiger charge is 2.04. The lowest BCUT2D eigenvalue weighted by Gasteiger charge is -2.07. The highest BCUT2D eigenvalue weighted by Crippen LogP contribution is 1.90. The van der Waals surface area contributed by atoms with Crippen LogP contribution in [-0.4, -0.2) is 59.0 Å². The molecule has 3 N–H and O–H groups in total. The maximum Gasteiger partial charge on any atom is 0.319 e. The molecule has 0 aliphatic rings. The van der Waals surface area contributed by atoms with Gasteiger partial charge in [0.05, 0.1) is 26.4 Å². The lowest BCUT2D eigenvalue weighted by molar-refractivity contribution is -0.142. The molecule has 0 atom stereocenters. The third-order valence-corrected chi connectivity index (χ3v) is 2.02. The molecule has 0 radical (unpaired) electrons. The Bertz CT molecular complexity index is 236. The molecule has 0 aliphatic heterocycles. The summed E-state index contributed by atoms with van der Waals surface area (Å²) in [7, 11) is 3.36. The van der Waals surface area contributed by atoms with Gasteiger partial charge in [-0.25, -0.2) is 0 Å². The second kappa shape index (κ2) is 12.3. The zero-order valence-electron chi connectivity index (χ0n) is 11.1. The molecular formula is C11H23N3O4. The number of esters is 1. The van der Waals surface area contributed by atoms with Crippen molar-refractivity contribution in [2.45, 2.75) is 12.8 Å². The van der Waals surface area contributed by atoms with E-state index in [1.54, 1.807) is 14.2 Å². The van der Waals surface area contributed by atoms with Crippen LogP contribution in [0.5, 0.6) is 0 Å². The molecule has 0 aromatic heterocycles. The fraction of sp³-hybridized carbons (Fsp3) is 0.818. The van der Waals surface area contributed by atoms with E-state index < -0.39 is 0 Å². The first-order valence-corrected chi connectivity index (χ1v) is 5.97. The Balaban J connectivity index is 3.33. The molecule has 0 aliphatic carbocycles. The topological polar surface area (TPSA) is 88.7 Å². The molecule has 1 amide bonds. The maximum atomic E-state index is 11.2. The zero-order chi connectivity index (χ0) is 13.6. The number of amides is 1. The summed E-state index contributed by atoms with van der Waals surface area (Å²) >= 11 is 0. The van der Waals surface area contributed by atoms with Crippen molar-refractivity contribution in [2.75, 3.05) is 47.1 Å². The van der Waals surface area contributed by atoms with Crippen LogP contribution in [0.1, 0.15) is 12.8 Å². The molecular weight excluding hydrogens is 238 g/mol. The molecule has 0 unspecified atom stereocenters. The molecule has 0 aromatic rings. The number of nitrogens with one attached hydrogen (secondary N) is 3. The number of methoxy groups -OCH3 is 1. The number of hydrogen-bond acceptors (Lipinski definition) is 6. The minimum absolute atomic E-state index is 0.0389. The Morgan fingerprint density at radius 3 is 2.50 bits per heavy atom. The number of carbonyl (C=O) groups is 2. The summed E-state index contributed by atoms with van der Waals surface area (Å²) in [5.41, 5.74) is 0. The van der Waals surface area contributed by atoms with Crippen LogP contribution in [0.15, 0.2) is 0 Å². The lowest BCUT2D eigenvalue weighted by atomic mass is 10.3. The minimum atomic E-state index is -0.353. The van der Waals surface area contributed by atoms with Gasteiger partial charge in [0.1, 0.15) is 0 Å². The van der Waals surface area contributed by atoms with Crippen molar-refractivity contribution in [3.8, 4) is 0 Å². The summed E-state index contributed by atoms with van der Waals surface area (Å²) in [4.78, 5) is 22.3. The SMILES string of the molecule is CNCNC(=O)CNCC(=O)OCCCCOC. The molecule has 0 saturated heterocycles. The van der Waals surface area contributed by atoms with Gasteiger partial charge in [-0.2, -0.15) is 0 Å². The van der Waals surface area contributed by atoms with Crippen molar-refractivity contribution < 1.29 is 19.1 Å². The molecule has 0 heterocycles. The normalized spacial score (nSPS) is 10.1. The van der Waals surface area contributed by atoms with E-state index in [-0.39, 0.29) is 25.0 Å². The van der Waals surface area contributed by atoms with Gasteiger partial charge in [-0.1, -0.05) is 0 Å². The maximum absolute atomic E-state index is 11.2. The fourth-order valence-corrected chi connectivity index (χ4v) is 1.11. The smallest absolute Gasteiger partial charge is 0.319 e. The van der Waals surface area contributed by atoms with E-state index in [1.165, 1.54) is 0 Å². The fourth-order valence-electron chi connectivity index (χ4n) is 1.11. The standard InChI is InChI=1S/C11H23N3O4/c1-12-9-14-10(15)7-13-8-11(16)18-6-4-3-5-17-2/h12-13H,3-9H2,1-2H3,(H,14,15). The summed E-state index contributed by atoms with van der Waals surface area (Å²) < 4.78 is 9.82. The van der Waals surface area contributed by atoms with E-state index in [0.717, 1.165) is 12.8 Å². The molecule has 0 spiro atoms. The lowest BCUT2D eigenvalue weighted by Crippen LogP contribution is -2.39. The number of rotatable bonds is 11. The summed E-state index contributed by atoms with van der Waals surface area (Å²) in [5, 5.41) is 8.08. The summed E-state index contributed by atoms with van der Waals surface area (Å²) in [5.74, 6) is -0.522. The highest BCUT2D eigenvalue weighted by molar-refractivity contribution is 5.79. The van der Waals surface area contributed by atoms with Crippen LogP contribution in [-0.2, 0) is 19.1 Å². The van der Waals surface area contributed by atoms with Gasteiger partial charge in [0.15, 0.2) is 0 Å². The monoisotopic (exact) mass is 261 g/mol. The van der Waals surface area contributed by atoms with Crippen molar-refractivity contribution in [2.24, 2.45) is 0 Å². The van der Waals surface area contributed by atoms with Gasteiger partial charge in [-0.15, -0.1) is 0 Å². The van der Waals surface area contributed by atoms with Crippen molar-refractivity contribution in [1.29, 1.82) is 0 Å². The van der Waals surface area contributed by atoms with Gasteiger partial charge >= 0.3 is 5.97 Å². The van der Waals surface area contributed by atoms with Crippen LogP contribution in [0, 0.1) is 0 Å². The predicted molar refractivity (Wildman–Crippen MR) is 67.0 cm³/mol. The van der Waals surface area contributed by atoms with Gasteiger partial charge in [-0.05, 0) is 19.9 Å². The summed E-state index contributed by atoms with van der Waals surface area (Å²) in [6, 6.07) is 0. The number of hydrogen-bond donors (Lipinski definition) is 3. The molecule has 0 bridgehead atoms. The molecule has 106 valence electrons. The molecule has 0 fully saturated rings. The first-order valence-electron chi connectivity index (χ1n) is 5.97. The molecule has 18 heavy (non-hydrogen) atoms. The van der Waals surface area contributed by atoms with Crippen LogP contribution in [0.4, 0.5) is 0 Å². The average molecular weight is 261 g/mol. The second-order valence-corrected chi connectivity index (χ2v) is 3.65. The van der Waals surface area contributed by atoms with Crippen molar-refractivity contribution in [3.05, 3.63) is 0 Å². The molecule has 0 saturated carbocycles. The number of unbranched alkanes of at least 4 members (excludes halogenated alkanes) is 1. The largest absolute Gasteiger partial charge is 0.465 e. The Kier molecular flexibility index (Phi) is 11.5. The minimum Gasteiger partial charge on any atom is -0.465 e. The van der Waals surface area contributed by atoms with Crippen molar-refractivity contribution in [3.63, 3.8) is 0 Å². The van der Waals surface area contributed by atoms with Crippen LogP contribution >= 0.6 is 0 Å². The first kappa shape index (κ1) is 16.8. The highest BCUT2D eigenvalue weighted by atomic mass is 16.5. The van der Waals surface area contributed by atoms with E-state index in [0.29, 0.717) is 19.9 Å². The van der Waals surface area contributed by atoms with E-state index >= 15 is 0 Å². The summed E-state index contributed by atoms with van der Waals surface area (Å²) in [6.07, 6.45) is 1.64. The molecule has 0 aromatic carbocycles. The second-order valence-electron chi connectivity index (χ2n) is 3.65. The van der Waals surface area contributed by atoms with Gasteiger partial charge in [-0.3, -0.25) is 14.9 Å². The zero-order valence-corrected chi connectivity index (χ0v) is 11.1. The third kappa shape index (κ3) is 11.3. The Morgan fingerprint density at radius 2 is 1.83 bits per heavy atom. The van der Waals surface area contributed by atoms with E-state index in [1.807, 2.05) is 0 Å². The Hall–Kier alpha value is -1.18. The van der Waals surface area contributed by atoms with Crippen LogP contribution in [0.25, 0.3) is 0 Å². The van der Waals surface area contributed by atoms with Gasteiger partial charge in [0, 0.05) is 13.7 Å². The summed E-state index contributed by atoms with van der Waals surface area (Å²) in [6.45, 7) is 1.60. The Labute approximate surface area is 108 Å². The molecule has 7 heteroatoms. The van der Waals surface area contributed by atoms with E-state index in [4.69, 9.17) is 9.47 Å². The van der Waals surface area contributed by atoms with Gasteiger partial charge in [0.2, 0.25) is 5.91 Å². The number of ether oxygens (including phenoxy) is 2. The molecule has 7 nitrogen and oxygen atoms in total. The number of carbonyl (C=O) groups excluding carboxylic acids is 2. The third-order valence-electron chi connectivity index (χ3n) is 2.02. The predicted octanol–water partition coefficient (Wildman–Crippen LogP) is -1.16. The first-order chi connectivity index (χ1) is 8.70. The van der Waals surface area contributed by atoms with Crippen LogP contribution in [0.3, 0.4) is 0 Å². The van der Waals surface area contributed by atoms with Crippen molar-refractivity contribution in [1.82, 2.24) is 16.0 Å². The van der Waals surface area contributed by atoms with Gasteiger partial charge in [0.25, 0.3) is 0 Å². The van der Waals surface area contributed by atoms with Crippen LogP contribution < -0.4 is 16.0 Å².